The summed E-state index contributed by atoms with van der Waals surface area (Å²) in [4.78, 5) is 41.8. The number of piperazine rings is 1. The van der Waals surface area contributed by atoms with E-state index in [0.29, 0.717) is 52.6 Å². The fourth-order valence-electron chi connectivity index (χ4n) is 9.91. The molecule has 328 valence electrons. The molecule has 3 aromatic rings. The maximum absolute atomic E-state index is 13.7. The first-order chi connectivity index (χ1) is 28.8. The lowest BCUT2D eigenvalue weighted by Crippen LogP contribution is -2.60. The third-order valence-electron chi connectivity index (χ3n) is 13.6. The molecule has 1 aromatic heterocycles. The Hall–Kier alpha value is -4.69. The zero-order valence-electron chi connectivity index (χ0n) is 35.7. The zero-order chi connectivity index (χ0) is 44.0. The van der Waals surface area contributed by atoms with E-state index in [1.165, 1.54) is 81.9 Å². The van der Waals surface area contributed by atoms with Gasteiger partial charge in [-0.2, -0.15) is 26.3 Å². The van der Waals surface area contributed by atoms with E-state index in [9.17, 15) is 35.9 Å². The van der Waals surface area contributed by atoms with Crippen LogP contribution in [0.15, 0.2) is 67.4 Å². The van der Waals surface area contributed by atoms with Crippen LogP contribution in [0.3, 0.4) is 0 Å². The molecule has 9 rings (SSSR count). The van der Waals surface area contributed by atoms with Gasteiger partial charge in [0, 0.05) is 69.4 Å². The number of hydrogen-bond acceptors (Lipinski definition) is 6. The number of aromatic nitrogens is 1. The lowest BCUT2D eigenvalue weighted by atomic mass is 9.75. The molecule has 2 aromatic carbocycles. The number of anilines is 2. The molecule has 61 heavy (non-hydrogen) atoms. The number of alkyl halides is 6. The summed E-state index contributed by atoms with van der Waals surface area (Å²) in [6.45, 7) is 16.0. The molecule has 6 heterocycles. The van der Waals surface area contributed by atoms with Gasteiger partial charge in [-0.3, -0.25) is 9.59 Å². The van der Waals surface area contributed by atoms with Crippen molar-refractivity contribution in [2.75, 3.05) is 76.3 Å². The molecular weight excluding hydrogens is 795 g/mol. The number of pyridine rings is 1. The highest BCUT2D eigenvalue weighted by Crippen LogP contribution is 2.43. The van der Waals surface area contributed by atoms with Gasteiger partial charge in [-0.1, -0.05) is 30.9 Å². The summed E-state index contributed by atoms with van der Waals surface area (Å²) in [5.41, 5.74) is 0.420. The van der Waals surface area contributed by atoms with Gasteiger partial charge >= 0.3 is 12.4 Å². The Morgan fingerprint density at radius 2 is 1.52 bits per heavy atom. The van der Waals surface area contributed by atoms with Gasteiger partial charge in [-0.15, -0.1) is 0 Å². The van der Waals surface area contributed by atoms with Gasteiger partial charge < -0.3 is 24.5 Å². The van der Waals surface area contributed by atoms with E-state index in [-0.39, 0.29) is 6.07 Å². The molecule has 4 saturated heterocycles. The maximum atomic E-state index is 13.7. The largest absolute Gasteiger partial charge is 0.416 e. The minimum atomic E-state index is -5.03. The number of carbonyl (C=O) groups is 2. The van der Waals surface area contributed by atoms with E-state index in [2.05, 4.69) is 49.4 Å². The van der Waals surface area contributed by atoms with Crippen molar-refractivity contribution in [3.8, 4) is 0 Å². The minimum absolute atomic E-state index is 0.0509. The second kappa shape index (κ2) is 17.2. The highest BCUT2D eigenvalue weighted by Gasteiger charge is 2.44. The molecular formula is C47H56F6N6O2. The molecule has 14 heteroatoms. The summed E-state index contributed by atoms with van der Waals surface area (Å²) in [5, 5.41) is 0. The summed E-state index contributed by atoms with van der Waals surface area (Å²) < 4.78 is 80.9. The van der Waals surface area contributed by atoms with Crippen molar-refractivity contribution in [1.29, 1.82) is 0 Å². The molecule has 2 amide bonds. The van der Waals surface area contributed by atoms with E-state index < -0.39 is 40.4 Å². The number of piperidine rings is 3. The number of fused-ring (bicyclic) bond motifs is 3. The minimum Gasteiger partial charge on any atom is -0.354 e. The Bertz CT molecular complexity index is 2130. The van der Waals surface area contributed by atoms with Gasteiger partial charge in [-0.25, -0.2) is 4.98 Å². The van der Waals surface area contributed by atoms with Crippen molar-refractivity contribution in [3.05, 3.63) is 106 Å². The summed E-state index contributed by atoms with van der Waals surface area (Å²) >= 11 is 0. The molecule has 0 unspecified atom stereocenters. The van der Waals surface area contributed by atoms with Crippen LogP contribution in [-0.2, 0) is 29.0 Å². The average molecular weight is 851 g/mol. The fourth-order valence-corrected chi connectivity index (χ4v) is 9.91. The number of halogens is 6. The Kier molecular flexibility index (Phi) is 12.5. The number of likely N-dealkylation sites (N-methyl/N-ethyl adjacent to an activating group) is 2. The van der Waals surface area contributed by atoms with Gasteiger partial charge in [0.05, 0.1) is 28.4 Å². The predicted molar refractivity (Wildman–Crippen MR) is 227 cm³/mol. The van der Waals surface area contributed by atoms with Crippen LogP contribution in [0, 0.1) is 5.92 Å². The van der Waals surface area contributed by atoms with E-state index in [1.807, 2.05) is 13.1 Å². The topological polar surface area (TPSA) is 63.2 Å². The highest BCUT2D eigenvalue weighted by molar-refractivity contribution is 6.03. The van der Waals surface area contributed by atoms with Crippen molar-refractivity contribution >= 4 is 28.9 Å². The molecule has 5 aliphatic heterocycles. The van der Waals surface area contributed by atoms with Crippen LogP contribution in [-0.4, -0.2) is 104 Å². The number of benzene rings is 2. The van der Waals surface area contributed by atoms with Crippen LogP contribution in [0.2, 0.25) is 0 Å². The molecule has 0 saturated carbocycles. The van der Waals surface area contributed by atoms with Gasteiger partial charge in [-0.05, 0) is 132 Å². The Morgan fingerprint density at radius 1 is 0.885 bits per heavy atom. The molecule has 4 fully saturated rings. The van der Waals surface area contributed by atoms with Crippen LogP contribution in [0.5, 0.6) is 0 Å². The SMILES string of the molecule is C=C/C(=C/C)c1cc(N2CCN(C)CC2)ncc1N(C)C(=O)C(C)(C)c1cc(C(F)(F)F)cc(C(F)(F)F)c1.O=C1c2cccc3c2[C@H](CCC3)CN1[C@@H]1CN2CCC1CC2. The van der Waals surface area contributed by atoms with E-state index in [4.69, 9.17) is 0 Å². The van der Waals surface area contributed by atoms with Gasteiger partial charge in [0.1, 0.15) is 5.82 Å². The molecule has 0 spiro atoms. The third-order valence-corrected chi connectivity index (χ3v) is 13.6. The second-order valence-electron chi connectivity index (χ2n) is 17.7. The monoisotopic (exact) mass is 850 g/mol. The van der Waals surface area contributed by atoms with Gasteiger partial charge in [0.15, 0.2) is 0 Å². The first-order valence-corrected chi connectivity index (χ1v) is 21.3. The molecule has 0 N–H and O–H groups in total. The summed E-state index contributed by atoms with van der Waals surface area (Å²) in [7, 11) is 3.45. The van der Waals surface area contributed by atoms with E-state index >= 15 is 0 Å². The van der Waals surface area contributed by atoms with Crippen LogP contribution >= 0.6 is 0 Å². The van der Waals surface area contributed by atoms with E-state index in [0.717, 1.165) is 57.2 Å². The van der Waals surface area contributed by atoms with Crippen LogP contribution in [0.1, 0.15) is 96.1 Å². The number of amides is 2. The maximum Gasteiger partial charge on any atom is 0.416 e. The fraction of sp³-hybridized carbons (Fsp3) is 0.511. The van der Waals surface area contributed by atoms with Crippen LogP contribution in [0.4, 0.5) is 37.8 Å². The molecule has 6 aliphatic rings. The second-order valence-corrected chi connectivity index (χ2v) is 17.7. The Balaban J connectivity index is 0.000000212. The van der Waals surface area contributed by atoms with Gasteiger partial charge in [0.2, 0.25) is 5.91 Å². The number of carbonyl (C=O) groups excluding carboxylic acids is 2. The molecule has 1 aliphatic carbocycles. The van der Waals surface area contributed by atoms with Crippen molar-refractivity contribution in [2.24, 2.45) is 5.92 Å². The first kappa shape index (κ1) is 44.4. The normalized spacial score (nSPS) is 23.3. The number of aryl methyl sites for hydroxylation is 1. The molecule has 2 atom stereocenters. The van der Waals surface area contributed by atoms with Crippen molar-refractivity contribution < 1.29 is 35.9 Å². The average Bonchev–Trinajstić information content (AvgIpc) is 3.25. The van der Waals surface area contributed by atoms with Crippen molar-refractivity contribution in [3.63, 3.8) is 0 Å². The van der Waals surface area contributed by atoms with Crippen molar-refractivity contribution in [2.45, 2.75) is 82.6 Å². The third kappa shape index (κ3) is 8.98. The summed E-state index contributed by atoms with van der Waals surface area (Å²) in [6.07, 6.45) is 1.12. The van der Waals surface area contributed by atoms with Crippen LogP contribution in [0.25, 0.3) is 5.57 Å². The smallest absolute Gasteiger partial charge is 0.354 e. The van der Waals surface area contributed by atoms with Gasteiger partial charge in [0.25, 0.3) is 5.91 Å². The van der Waals surface area contributed by atoms with Crippen LogP contribution < -0.4 is 9.80 Å². The Morgan fingerprint density at radius 3 is 2.10 bits per heavy atom. The lowest BCUT2D eigenvalue weighted by molar-refractivity contribution is -0.143. The molecule has 0 radical (unpaired) electrons. The number of hydrogen-bond donors (Lipinski definition) is 0. The number of rotatable bonds is 7. The Labute approximate surface area is 354 Å². The standard InChI is InChI=1S/C28H32F6N4O.C19H24N2O/c1-7-18(8-2)22-16-24(38-11-9-36(5)10-12-38)35-17-23(22)37(6)25(39)26(3,4)19-13-20(27(29,30)31)15-21(14-19)28(32,33)34;22-19-16-6-2-4-14-3-1-5-15(18(14)16)11-21(19)17-12-20-9-7-13(17)8-10-20/h7-8,13-17H,1,9-12H2,2-6H3;2,4,6,13,15,17H,1,3,5,7-12H2/b18-8-;/t;15-,17-/m.1/s1. The lowest BCUT2D eigenvalue weighted by Gasteiger charge is -2.51. The molecule has 8 nitrogen and oxygen atoms in total. The predicted octanol–water partition coefficient (Wildman–Crippen LogP) is 9.06. The highest BCUT2D eigenvalue weighted by atomic mass is 19.4. The van der Waals surface area contributed by atoms with Crippen molar-refractivity contribution in [1.82, 2.24) is 19.7 Å². The number of nitrogens with zero attached hydrogens (tertiary/aromatic N) is 6. The first-order valence-electron chi connectivity index (χ1n) is 21.3. The molecule has 2 bridgehead atoms. The zero-order valence-corrected chi connectivity index (χ0v) is 35.7. The quantitative estimate of drug-likeness (QED) is 0.175. The number of allylic oxidation sites excluding steroid dienone is 3. The summed E-state index contributed by atoms with van der Waals surface area (Å²) in [6, 6.07) is 9.93. The van der Waals surface area contributed by atoms with E-state index in [1.54, 1.807) is 19.1 Å². The summed E-state index contributed by atoms with van der Waals surface area (Å²) in [5.74, 6) is 1.63.